The van der Waals surface area contributed by atoms with E-state index in [2.05, 4.69) is 15.2 Å². The summed E-state index contributed by atoms with van der Waals surface area (Å²) >= 11 is 0. The highest BCUT2D eigenvalue weighted by Crippen LogP contribution is 2.08. The molecule has 128 valence electrons. The fraction of sp³-hybridized carbons (Fsp3) is 0.0588. The number of ether oxygens (including phenoxy) is 1. The molecule has 0 saturated carbocycles. The normalized spacial score (nSPS) is 10.3. The molecule has 0 heterocycles. The molecule has 2 rings (SSSR count). The SMILES string of the molecule is COC(=O)c1ccc(/C=N\NC(=O)C(=O)Nc2cccc(F)c2)cc1. The zero-order valence-corrected chi connectivity index (χ0v) is 13.2. The van der Waals surface area contributed by atoms with Crippen LogP contribution < -0.4 is 10.7 Å². The predicted molar refractivity (Wildman–Crippen MR) is 88.5 cm³/mol. The molecule has 25 heavy (non-hydrogen) atoms. The van der Waals surface area contributed by atoms with E-state index in [9.17, 15) is 18.8 Å². The number of halogens is 1. The minimum Gasteiger partial charge on any atom is -0.465 e. The standard InChI is InChI=1S/C17H14FN3O4/c1-25-17(24)12-7-5-11(6-8-12)10-19-21-16(23)15(22)20-14-4-2-3-13(18)9-14/h2-10H,1H3,(H,20,22)(H,21,23)/b19-10-. The van der Waals surface area contributed by atoms with Crippen molar-refractivity contribution in [1.29, 1.82) is 0 Å². The molecule has 0 bridgehead atoms. The first-order chi connectivity index (χ1) is 12.0. The molecule has 0 unspecified atom stereocenters. The van der Waals surface area contributed by atoms with Crippen molar-refractivity contribution in [2.24, 2.45) is 5.10 Å². The molecule has 0 aliphatic rings. The van der Waals surface area contributed by atoms with Crippen LogP contribution in [-0.4, -0.2) is 31.1 Å². The molecule has 0 radical (unpaired) electrons. The fourth-order valence-electron chi connectivity index (χ4n) is 1.79. The zero-order chi connectivity index (χ0) is 18.2. The van der Waals surface area contributed by atoms with Gasteiger partial charge in [0.15, 0.2) is 0 Å². The summed E-state index contributed by atoms with van der Waals surface area (Å²) in [4.78, 5) is 34.6. The van der Waals surface area contributed by atoms with Crippen molar-refractivity contribution < 1.29 is 23.5 Å². The Hall–Kier alpha value is -3.55. The number of esters is 1. The van der Waals surface area contributed by atoms with Crippen LogP contribution in [0.15, 0.2) is 53.6 Å². The van der Waals surface area contributed by atoms with Crippen molar-refractivity contribution >= 4 is 29.7 Å². The second kappa shape index (κ2) is 8.34. The molecule has 0 aromatic heterocycles. The van der Waals surface area contributed by atoms with E-state index in [4.69, 9.17) is 0 Å². The third-order valence-electron chi connectivity index (χ3n) is 3.00. The molecule has 2 aromatic carbocycles. The number of amides is 2. The van der Waals surface area contributed by atoms with Crippen LogP contribution in [0.5, 0.6) is 0 Å². The first-order valence-electron chi connectivity index (χ1n) is 7.08. The lowest BCUT2D eigenvalue weighted by molar-refractivity contribution is -0.136. The third kappa shape index (κ3) is 5.24. The molecule has 7 nitrogen and oxygen atoms in total. The van der Waals surface area contributed by atoms with Crippen molar-refractivity contribution in [1.82, 2.24) is 5.43 Å². The first kappa shape index (κ1) is 17.8. The molecule has 0 saturated heterocycles. The van der Waals surface area contributed by atoms with Gasteiger partial charge in [-0.15, -0.1) is 0 Å². The highest BCUT2D eigenvalue weighted by atomic mass is 19.1. The van der Waals surface area contributed by atoms with Crippen molar-refractivity contribution in [3.63, 3.8) is 0 Å². The van der Waals surface area contributed by atoms with Crippen molar-refractivity contribution in [2.75, 3.05) is 12.4 Å². The van der Waals surface area contributed by atoms with E-state index in [0.29, 0.717) is 11.1 Å². The lowest BCUT2D eigenvalue weighted by atomic mass is 10.1. The molecule has 2 N–H and O–H groups in total. The van der Waals surface area contributed by atoms with Gasteiger partial charge >= 0.3 is 17.8 Å². The van der Waals surface area contributed by atoms with Crippen LogP contribution in [0.4, 0.5) is 10.1 Å². The second-order valence-corrected chi connectivity index (χ2v) is 4.78. The van der Waals surface area contributed by atoms with Crippen LogP contribution >= 0.6 is 0 Å². The van der Waals surface area contributed by atoms with Gasteiger partial charge < -0.3 is 10.1 Å². The van der Waals surface area contributed by atoms with Gasteiger partial charge in [-0.05, 0) is 35.9 Å². The Kier molecular flexibility index (Phi) is 5.94. The molecule has 0 aliphatic heterocycles. The number of hydrogen-bond donors (Lipinski definition) is 2. The van der Waals surface area contributed by atoms with Crippen molar-refractivity contribution in [2.45, 2.75) is 0 Å². The molecule has 0 spiro atoms. The van der Waals surface area contributed by atoms with Crippen LogP contribution in [-0.2, 0) is 14.3 Å². The minimum atomic E-state index is -1.01. The third-order valence-corrected chi connectivity index (χ3v) is 3.00. The van der Waals surface area contributed by atoms with E-state index in [-0.39, 0.29) is 5.69 Å². The minimum absolute atomic E-state index is 0.155. The molecule has 0 fully saturated rings. The van der Waals surface area contributed by atoms with Gasteiger partial charge in [0.25, 0.3) is 0 Å². The summed E-state index contributed by atoms with van der Waals surface area (Å²) in [7, 11) is 1.28. The summed E-state index contributed by atoms with van der Waals surface area (Å²) in [6.07, 6.45) is 1.30. The van der Waals surface area contributed by atoms with Crippen molar-refractivity contribution in [3.05, 3.63) is 65.5 Å². The number of rotatable bonds is 4. The molecular formula is C17H14FN3O4. The summed E-state index contributed by atoms with van der Waals surface area (Å²) in [5.74, 6) is -2.99. The van der Waals surface area contributed by atoms with Gasteiger partial charge in [-0.25, -0.2) is 14.6 Å². The molecule has 2 amide bonds. The zero-order valence-electron chi connectivity index (χ0n) is 13.2. The molecule has 0 aliphatic carbocycles. The number of carbonyl (C=O) groups excluding carboxylic acids is 3. The monoisotopic (exact) mass is 343 g/mol. The van der Waals surface area contributed by atoms with Gasteiger partial charge in [-0.3, -0.25) is 9.59 Å². The van der Waals surface area contributed by atoms with Gasteiger partial charge in [0.2, 0.25) is 0 Å². The number of methoxy groups -OCH3 is 1. The Morgan fingerprint density at radius 1 is 1.08 bits per heavy atom. The largest absolute Gasteiger partial charge is 0.465 e. The molecular weight excluding hydrogens is 329 g/mol. The van der Waals surface area contributed by atoms with Gasteiger partial charge in [0.1, 0.15) is 5.82 Å². The maximum absolute atomic E-state index is 13.0. The maximum atomic E-state index is 13.0. The van der Waals surface area contributed by atoms with Crippen LogP contribution in [0.1, 0.15) is 15.9 Å². The topological polar surface area (TPSA) is 96.9 Å². The van der Waals surface area contributed by atoms with E-state index in [1.165, 1.54) is 43.7 Å². The van der Waals surface area contributed by atoms with Gasteiger partial charge in [-0.1, -0.05) is 18.2 Å². The van der Waals surface area contributed by atoms with Gasteiger partial charge in [-0.2, -0.15) is 5.10 Å². The highest BCUT2D eigenvalue weighted by Gasteiger charge is 2.13. The summed E-state index contributed by atoms with van der Waals surface area (Å²) in [5, 5.41) is 5.88. The first-order valence-corrected chi connectivity index (χ1v) is 7.08. The average molecular weight is 343 g/mol. The highest BCUT2D eigenvalue weighted by molar-refractivity contribution is 6.39. The Morgan fingerprint density at radius 3 is 2.44 bits per heavy atom. The number of carbonyl (C=O) groups is 3. The van der Waals surface area contributed by atoms with Gasteiger partial charge in [0.05, 0.1) is 18.9 Å². The van der Waals surface area contributed by atoms with E-state index in [1.807, 2.05) is 5.43 Å². The number of hydrogen-bond acceptors (Lipinski definition) is 5. The molecule has 0 atom stereocenters. The number of nitrogens with one attached hydrogen (secondary N) is 2. The average Bonchev–Trinajstić information content (AvgIpc) is 2.61. The van der Waals surface area contributed by atoms with E-state index in [0.717, 1.165) is 6.07 Å². The predicted octanol–water partition coefficient (Wildman–Crippen LogP) is 1.70. The van der Waals surface area contributed by atoms with Crippen molar-refractivity contribution in [3.8, 4) is 0 Å². The summed E-state index contributed by atoms with van der Waals surface area (Å²) in [5.41, 5.74) is 3.17. The fourth-order valence-corrected chi connectivity index (χ4v) is 1.79. The Morgan fingerprint density at radius 2 is 1.80 bits per heavy atom. The maximum Gasteiger partial charge on any atom is 0.337 e. The summed E-state index contributed by atoms with van der Waals surface area (Å²) in [6, 6.07) is 11.4. The number of benzene rings is 2. The lowest BCUT2D eigenvalue weighted by Gasteiger charge is -2.03. The molecule has 2 aromatic rings. The Bertz CT molecular complexity index is 819. The van der Waals surface area contributed by atoms with Gasteiger partial charge in [0, 0.05) is 5.69 Å². The number of nitrogens with zero attached hydrogens (tertiary/aromatic N) is 1. The lowest BCUT2D eigenvalue weighted by Crippen LogP contribution is -2.32. The number of anilines is 1. The van der Waals surface area contributed by atoms with Crippen LogP contribution in [0, 0.1) is 5.82 Å². The van der Waals surface area contributed by atoms with E-state index >= 15 is 0 Å². The Labute approximate surface area is 142 Å². The van der Waals surface area contributed by atoms with E-state index in [1.54, 1.807) is 12.1 Å². The quantitative estimate of drug-likeness (QED) is 0.382. The second-order valence-electron chi connectivity index (χ2n) is 4.78. The summed E-state index contributed by atoms with van der Waals surface area (Å²) in [6.45, 7) is 0. The Balaban J connectivity index is 1.89. The van der Waals surface area contributed by atoms with Crippen LogP contribution in [0.2, 0.25) is 0 Å². The smallest absolute Gasteiger partial charge is 0.337 e. The summed E-state index contributed by atoms with van der Waals surface area (Å²) < 4.78 is 17.6. The van der Waals surface area contributed by atoms with Crippen LogP contribution in [0.3, 0.4) is 0 Å². The molecule has 8 heteroatoms. The number of hydrazone groups is 1. The van der Waals surface area contributed by atoms with E-state index < -0.39 is 23.6 Å². The van der Waals surface area contributed by atoms with Crippen LogP contribution in [0.25, 0.3) is 0 Å².